The van der Waals surface area contributed by atoms with Crippen molar-refractivity contribution in [2.24, 2.45) is 7.05 Å². The maximum Gasteiger partial charge on any atom is 0.308 e. The highest BCUT2D eigenvalue weighted by atomic mass is 16.5. The van der Waals surface area contributed by atoms with E-state index in [1.807, 2.05) is 0 Å². The Kier molecular flexibility index (Phi) is 5.08. The molecule has 0 aliphatic carbocycles. The number of carbonyl (C=O) groups is 3. The van der Waals surface area contributed by atoms with E-state index in [9.17, 15) is 19.2 Å². The van der Waals surface area contributed by atoms with Crippen molar-refractivity contribution < 1.29 is 19.1 Å². The second-order valence-corrected chi connectivity index (χ2v) is 6.17. The van der Waals surface area contributed by atoms with E-state index < -0.39 is 23.3 Å². The maximum atomic E-state index is 13.3. The van der Waals surface area contributed by atoms with Gasteiger partial charge in [0.1, 0.15) is 5.56 Å². The van der Waals surface area contributed by atoms with Gasteiger partial charge in [-0.2, -0.15) is 0 Å². The number of benzene rings is 2. The third-order valence-corrected chi connectivity index (χ3v) is 4.25. The zero-order valence-electron chi connectivity index (χ0n) is 15.6. The van der Waals surface area contributed by atoms with Gasteiger partial charge >= 0.3 is 5.97 Å². The molecule has 1 aromatic heterocycles. The minimum Gasteiger partial charge on any atom is -0.425 e. The van der Waals surface area contributed by atoms with Crippen LogP contribution >= 0.6 is 0 Å². The molecule has 7 nitrogen and oxygen atoms in total. The number of ether oxygens (including phenoxy) is 1. The predicted molar refractivity (Wildman–Crippen MR) is 104 cm³/mol. The molecule has 0 unspecified atom stereocenters. The number of pyridine rings is 1. The molecule has 1 heterocycles. The van der Waals surface area contributed by atoms with E-state index >= 15 is 0 Å². The van der Waals surface area contributed by atoms with Gasteiger partial charge in [0.15, 0.2) is 5.75 Å². The summed E-state index contributed by atoms with van der Waals surface area (Å²) in [7, 11) is 1.51. The zero-order valence-corrected chi connectivity index (χ0v) is 15.6. The monoisotopic (exact) mass is 378 g/mol. The van der Waals surface area contributed by atoms with Gasteiger partial charge in [0, 0.05) is 26.3 Å². The molecule has 3 aromatic rings. The lowest BCUT2D eigenvalue weighted by Gasteiger charge is -2.21. The molecule has 28 heavy (non-hydrogen) atoms. The SMILES string of the molecule is CC(=O)Oc1c(C(=O)N(C(C)=O)c2ccccc2)c(=O)n(C)c2ccccc12. The molecule has 142 valence electrons. The first-order valence-electron chi connectivity index (χ1n) is 8.53. The molecule has 0 radical (unpaired) electrons. The number of aromatic nitrogens is 1. The summed E-state index contributed by atoms with van der Waals surface area (Å²) in [5.41, 5.74) is -0.240. The topological polar surface area (TPSA) is 85.7 Å². The van der Waals surface area contributed by atoms with Crippen LogP contribution in [0.15, 0.2) is 59.4 Å². The minimum absolute atomic E-state index is 0.154. The highest BCUT2D eigenvalue weighted by Crippen LogP contribution is 2.29. The number of amides is 2. The number of nitrogens with zero attached hydrogens (tertiary/aromatic N) is 2. The number of hydrogen-bond acceptors (Lipinski definition) is 5. The molecule has 0 atom stereocenters. The Balaban J connectivity index is 2.33. The number of esters is 1. The average Bonchev–Trinajstić information content (AvgIpc) is 2.66. The van der Waals surface area contributed by atoms with Crippen molar-refractivity contribution >= 4 is 34.4 Å². The van der Waals surface area contributed by atoms with E-state index in [0.717, 1.165) is 4.90 Å². The predicted octanol–water partition coefficient (Wildman–Crippen LogP) is 2.66. The highest BCUT2D eigenvalue weighted by Gasteiger charge is 2.30. The van der Waals surface area contributed by atoms with E-state index in [-0.39, 0.29) is 11.3 Å². The number of carbonyl (C=O) groups excluding carboxylic acids is 3. The van der Waals surface area contributed by atoms with Crippen LogP contribution in [0.1, 0.15) is 24.2 Å². The van der Waals surface area contributed by atoms with Crippen molar-refractivity contribution in [2.45, 2.75) is 13.8 Å². The molecule has 0 N–H and O–H groups in total. The Hall–Kier alpha value is -3.74. The number of anilines is 1. The number of rotatable bonds is 3. The number of fused-ring (bicyclic) bond motifs is 1. The lowest BCUT2D eigenvalue weighted by Crippen LogP contribution is -2.40. The van der Waals surface area contributed by atoms with Crippen molar-refractivity contribution in [3.05, 3.63) is 70.5 Å². The van der Waals surface area contributed by atoms with E-state index in [4.69, 9.17) is 4.74 Å². The van der Waals surface area contributed by atoms with Crippen molar-refractivity contribution in [2.75, 3.05) is 4.90 Å². The largest absolute Gasteiger partial charge is 0.425 e. The summed E-state index contributed by atoms with van der Waals surface area (Å²) < 4.78 is 6.56. The van der Waals surface area contributed by atoms with Crippen molar-refractivity contribution in [1.82, 2.24) is 4.57 Å². The Bertz CT molecular complexity index is 1150. The summed E-state index contributed by atoms with van der Waals surface area (Å²) >= 11 is 0. The van der Waals surface area contributed by atoms with Gasteiger partial charge < -0.3 is 9.30 Å². The number of aryl methyl sites for hydroxylation is 1. The molecular formula is C21H18N2O5. The summed E-state index contributed by atoms with van der Waals surface area (Å²) in [6.07, 6.45) is 0. The van der Waals surface area contributed by atoms with Crippen molar-refractivity contribution in [3.63, 3.8) is 0 Å². The Labute approximate surface area is 160 Å². The normalized spacial score (nSPS) is 10.5. The smallest absolute Gasteiger partial charge is 0.308 e. The number of imide groups is 1. The van der Waals surface area contributed by atoms with Crippen LogP contribution in [-0.4, -0.2) is 22.4 Å². The first-order valence-corrected chi connectivity index (χ1v) is 8.53. The van der Waals surface area contributed by atoms with Gasteiger partial charge in [0.2, 0.25) is 5.91 Å². The van der Waals surface area contributed by atoms with Gasteiger partial charge in [0.25, 0.3) is 11.5 Å². The van der Waals surface area contributed by atoms with Crippen LogP contribution < -0.4 is 15.2 Å². The highest BCUT2D eigenvalue weighted by molar-refractivity contribution is 6.22. The molecule has 0 spiro atoms. The van der Waals surface area contributed by atoms with E-state index in [2.05, 4.69) is 0 Å². The Morgan fingerprint density at radius 1 is 0.929 bits per heavy atom. The van der Waals surface area contributed by atoms with Crippen LogP contribution in [0.4, 0.5) is 5.69 Å². The van der Waals surface area contributed by atoms with E-state index in [0.29, 0.717) is 16.6 Å². The summed E-state index contributed by atoms with van der Waals surface area (Å²) in [5, 5.41) is 0.416. The van der Waals surface area contributed by atoms with Gasteiger partial charge in [-0.1, -0.05) is 30.3 Å². The summed E-state index contributed by atoms with van der Waals surface area (Å²) in [6.45, 7) is 2.41. The van der Waals surface area contributed by atoms with E-state index in [1.54, 1.807) is 54.6 Å². The third kappa shape index (κ3) is 3.29. The zero-order chi connectivity index (χ0) is 20.4. The van der Waals surface area contributed by atoms with Gasteiger partial charge in [-0.3, -0.25) is 19.2 Å². The quantitative estimate of drug-likeness (QED) is 0.654. The number of hydrogen-bond donors (Lipinski definition) is 0. The molecule has 3 rings (SSSR count). The van der Waals surface area contributed by atoms with Crippen LogP contribution in [0.3, 0.4) is 0 Å². The third-order valence-electron chi connectivity index (χ3n) is 4.25. The van der Waals surface area contributed by atoms with Gasteiger partial charge in [-0.25, -0.2) is 4.90 Å². The lowest BCUT2D eigenvalue weighted by molar-refractivity contribution is -0.131. The van der Waals surface area contributed by atoms with Crippen molar-refractivity contribution in [3.8, 4) is 5.75 Å². The van der Waals surface area contributed by atoms with Gasteiger partial charge in [0.05, 0.1) is 11.2 Å². The molecule has 0 bridgehead atoms. The average molecular weight is 378 g/mol. The maximum absolute atomic E-state index is 13.3. The molecule has 2 amide bonds. The van der Waals surface area contributed by atoms with E-state index in [1.165, 1.54) is 25.5 Å². The summed E-state index contributed by atoms with van der Waals surface area (Å²) in [6, 6.07) is 15.0. The fourth-order valence-electron chi connectivity index (χ4n) is 3.04. The summed E-state index contributed by atoms with van der Waals surface area (Å²) in [5.74, 6) is -2.26. The molecule has 7 heteroatoms. The molecule has 0 aliphatic rings. The fraction of sp³-hybridized carbons (Fsp3) is 0.143. The first-order chi connectivity index (χ1) is 13.3. The number of para-hydroxylation sites is 2. The van der Waals surface area contributed by atoms with Crippen LogP contribution in [0.2, 0.25) is 0 Å². The molecule has 0 fully saturated rings. The fourth-order valence-corrected chi connectivity index (χ4v) is 3.04. The van der Waals surface area contributed by atoms with Crippen LogP contribution in [0.25, 0.3) is 10.9 Å². The van der Waals surface area contributed by atoms with Crippen molar-refractivity contribution in [1.29, 1.82) is 0 Å². The molecule has 0 saturated carbocycles. The minimum atomic E-state index is -0.860. The van der Waals surface area contributed by atoms with Gasteiger partial charge in [-0.05, 0) is 24.3 Å². The standard InChI is InChI=1S/C21H18N2O5/c1-13(24)23(15-9-5-4-6-10-15)21(27)18-19(28-14(2)25)16-11-7-8-12-17(16)22(3)20(18)26/h4-12H,1-3H3. The molecule has 0 aliphatic heterocycles. The van der Waals surface area contributed by atoms with Gasteiger partial charge in [-0.15, -0.1) is 0 Å². The second-order valence-electron chi connectivity index (χ2n) is 6.17. The lowest BCUT2D eigenvalue weighted by atomic mass is 10.1. The molecular weight excluding hydrogens is 360 g/mol. The first kappa shape index (κ1) is 19.0. The Morgan fingerprint density at radius 2 is 1.54 bits per heavy atom. The molecule has 2 aromatic carbocycles. The summed E-state index contributed by atoms with van der Waals surface area (Å²) in [4.78, 5) is 51.1. The molecule has 0 saturated heterocycles. The van der Waals surface area contributed by atoms with Crippen LogP contribution in [0.5, 0.6) is 5.75 Å². The van der Waals surface area contributed by atoms with Crippen LogP contribution in [-0.2, 0) is 16.6 Å². The van der Waals surface area contributed by atoms with Crippen LogP contribution in [0, 0.1) is 0 Å². The Morgan fingerprint density at radius 3 is 2.14 bits per heavy atom. The second kappa shape index (κ2) is 7.48.